The Kier molecular flexibility index (Phi) is 5.67. The highest BCUT2D eigenvalue weighted by Crippen LogP contribution is 2.22. The lowest BCUT2D eigenvalue weighted by atomic mass is 10.2. The second-order valence-electron chi connectivity index (χ2n) is 5.96. The Morgan fingerprint density at radius 2 is 1.71 bits per heavy atom. The third kappa shape index (κ3) is 4.51. The number of carbonyl (C=O) groups is 1. The zero-order chi connectivity index (χ0) is 20.1. The predicted octanol–water partition coefficient (Wildman–Crippen LogP) is 2.64. The summed E-state index contributed by atoms with van der Waals surface area (Å²) < 4.78 is 30.7. The van der Waals surface area contributed by atoms with E-state index in [2.05, 4.69) is 15.5 Å². The van der Waals surface area contributed by atoms with E-state index in [4.69, 9.17) is 4.42 Å². The Balaban J connectivity index is 1.68. The number of rotatable bonds is 6. The molecule has 0 unspecified atom stereocenters. The Labute approximate surface area is 162 Å². The summed E-state index contributed by atoms with van der Waals surface area (Å²) in [6.45, 7) is 0. The molecule has 0 aliphatic rings. The standard InChI is InChI=1S/C19H18N4O4S/c1-23(2)28(25,26)16-11-9-15(10-12-16)18-21-22-19(27-18)20-17(24)13-8-14-6-4-3-5-7-14/h3-13H,1-2H3,(H,20,22,24). The first-order valence-electron chi connectivity index (χ1n) is 8.27. The molecule has 1 amide bonds. The number of benzene rings is 2. The molecule has 0 fully saturated rings. The van der Waals surface area contributed by atoms with Gasteiger partial charge < -0.3 is 4.42 Å². The molecule has 3 aromatic rings. The van der Waals surface area contributed by atoms with Crippen LogP contribution in [-0.2, 0) is 14.8 Å². The SMILES string of the molecule is CN(C)S(=O)(=O)c1ccc(-c2nnc(NC(=O)C=Cc3ccccc3)o2)cc1. The molecule has 9 heteroatoms. The van der Waals surface area contributed by atoms with Gasteiger partial charge in [-0.05, 0) is 35.9 Å². The molecule has 28 heavy (non-hydrogen) atoms. The van der Waals surface area contributed by atoms with Crippen molar-refractivity contribution in [2.24, 2.45) is 0 Å². The second kappa shape index (κ2) is 8.15. The monoisotopic (exact) mass is 398 g/mol. The normalized spacial score (nSPS) is 11.8. The summed E-state index contributed by atoms with van der Waals surface area (Å²) >= 11 is 0. The van der Waals surface area contributed by atoms with Gasteiger partial charge >= 0.3 is 6.01 Å². The molecule has 8 nitrogen and oxygen atoms in total. The molecule has 0 aliphatic carbocycles. The van der Waals surface area contributed by atoms with Gasteiger partial charge in [-0.15, -0.1) is 5.10 Å². The van der Waals surface area contributed by atoms with Gasteiger partial charge in [0, 0.05) is 25.7 Å². The van der Waals surface area contributed by atoms with Crippen molar-refractivity contribution in [2.75, 3.05) is 19.4 Å². The van der Waals surface area contributed by atoms with Gasteiger partial charge in [-0.3, -0.25) is 10.1 Å². The van der Waals surface area contributed by atoms with Crippen LogP contribution in [0.15, 0.2) is 70.0 Å². The van der Waals surface area contributed by atoms with Gasteiger partial charge in [0.05, 0.1) is 4.90 Å². The molecule has 1 aromatic heterocycles. The molecule has 0 aliphatic heterocycles. The van der Waals surface area contributed by atoms with E-state index in [0.717, 1.165) is 9.87 Å². The van der Waals surface area contributed by atoms with E-state index in [1.807, 2.05) is 30.3 Å². The minimum absolute atomic E-state index is 0.0531. The summed E-state index contributed by atoms with van der Waals surface area (Å²) in [5.74, 6) is -0.248. The van der Waals surface area contributed by atoms with Crippen molar-refractivity contribution in [3.8, 4) is 11.5 Å². The third-order valence-electron chi connectivity index (χ3n) is 3.76. The fraction of sp³-hybridized carbons (Fsp3) is 0.105. The van der Waals surface area contributed by atoms with Crippen LogP contribution in [0.4, 0.5) is 6.01 Å². The van der Waals surface area contributed by atoms with Gasteiger partial charge in [-0.1, -0.05) is 35.4 Å². The van der Waals surface area contributed by atoms with Crippen molar-refractivity contribution in [3.05, 3.63) is 66.2 Å². The highest BCUT2D eigenvalue weighted by molar-refractivity contribution is 7.89. The van der Waals surface area contributed by atoms with Gasteiger partial charge in [-0.25, -0.2) is 12.7 Å². The van der Waals surface area contributed by atoms with E-state index in [1.165, 1.54) is 32.3 Å². The first kappa shape index (κ1) is 19.5. The van der Waals surface area contributed by atoms with Crippen molar-refractivity contribution in [1.82, 2.24) is 14.5 Å². The number of nitrogens with zero attached hydrogens (tertiary/aromatic N) is 3. The van der Waals surface area contributed by atoms with Crippen LogP contribution in [0.1, 0.15) is 5.56 Å². The molecule has 0 spiro atoms. The van der Waals surface area contributed by atoms with Gasteiger partial charge in [-0.2, -0.15) is 0 Å². The average Bonchev–Trinajstić information content (AvgIpc) is 3.15. The Hall–Kier alpha value is -3.30. The van der Waals surface area contributed by atoms with Gasteiger partial charge in [0.25, 0.3) is 5.91 Å². The Bertz CT molecular complexity index is 1090. The van der Waals surface area contributed by atoms with Crippen LogP contribution >= 0.6 is 0 Å². The van der Waals surface area contributed by atoms with E-state index >= 15 is 0 Å². The third-order valence-corrected chi connectivity index (χ3v) is 5.59. The van der Waals surface area contributed by atoms with E-state index in [-0.39, 0.29) is 16.8 Å². The lowest BCUT2D eigenvalue weighted by Crippen LogP contribution is -2.22. The van der Waals surface area contributed by atoms with E-state index in [9.17, 15) is 13.2 Å². The molecule has 0 saturated heterocycles. The Morgan fingerprint density at radius 1 is 1.04 bits per heavy atom. The number of sulfonamides is 1. The van der Waals surface area contributed by atoms with Crippen LogP contribution in [0.5, 0.6) is 0 Å². The highest BCUT2D eigenvalue weighted by Gasteiger charge is 2.17. The van der Waals surface area contributed by atoms with Crippen molar-refractivity contribution < 1.29 is 17.6 Å². The largest absolute Gasteiger partial charge is 0.403 e. The minimum atomic E-state index is -3.51. The second-order valence-corrected chi connectivity index (χ2v) is 8.11. The topological polar surface area (TPSA) is 105 Å². The molecule has 0 atom stereocenters. The van der Waals surface area contributed by atoms with Gasteiger partial charge in [0.15, 0.2) is 0 Å². The van der Waals surface area contributed by atoms with E-state index in [0.29, 0.717) is 5.56 Å². The van der Waals surface area contributed by atoms with Crippen LogP contribution in [0, 0.1) is 0 Å². The molecular formula is C19H18N4O4S. The van der Waals surface area contributed by atoms with Crippen LogP contribution in [-0.4, -0.2) is 42.9 Å². The van der Waals surface area contributed by atoms with Crippen molar-refractivity contribution >= 4 is 28.0 Å². The summed E-state index contributed by atoms with van der Waals surface area (Å²) in [5.41, 5.74) is 1.42. The predicted molar refractivity (Wildman–Crippen MR) is 105 cm³/mol. The number of hydrogen-bond acceptors (Lipinski definition) is 6. The summed E-state index contributed by atoms with van der Waals surface area (Å²) in [4.78, 5) is 12.1. The first-order valence-corrected chi connectivity index (χ1v) is 9.71. The number of carbonyl (C=O) groups excluding carboxylic acids is 1. The number of amides is 1. The number of nitrogens with one attached hydrogen (secondary N) is 1. The average molecular weight is 398 g/mol. The fourth-order valence-corrected chi connectivity index (χ4v) is 3.16. The van der Waals surface area contributed by atoms with E-state index in [1.54, 1.807) is 18.2 Å². The smallest absolute Gasteiger partial charge is 0.322 e. The maximum absolute atomic E-state index is 12.1. The van der Waals surface area contributed by atoms with Crippen molar-refractivity contribution in [3.63, 3.8) is 0 Å². The zero-order valence-electron chi connectivity index (χ0n) is 15.2. The summed E-state index contributed by atoms with van der Waals surface area (Å²) in [7, 11) is -0.592. The summed E-state index contributed by atoms with van der Waals surface area (Å²) in [6, 6.07) is 15.3. The van der Waals surface area contributed by atoms with Crippen LogP contribution in [0.2, 0.25) is 0 Å². The number of aromatic nitrogens is 2. The zero-order valence-corrected chi connectivity index (χ0v) is 16.1. The van der Waals surface area contributed by atoms with Crippen LogP contribution in [0.3, 0.4) is 0 Å². The summed E-state index contributed by atoms with van der Waals surface area (Å²) in [5, 5.41) is 10.1. The number of hydrogen-bond donors (Lipinski definition) is 1. The minimum Gasteiger partial charge on any atom is -0.403 e. The van der Waals surface area contributed by atoms with Crippen LogP contribution in [0.25, 0.3) is 17.5 Å². The molecule has 0 bridgehead atoms. The quantitative estimate of drug-likeness (QED) is 0.640. The molecule has 1 N–H and O–H groups in total. The fourth-order valence-electron chi connectivity index (χ4n) is 2.25. The van der Waals surface area contributed by atoms with Gasteiger partial charge in [0.2, 0.25) is 15.9 Å². The lowest BCUT2D eigenvalue weighted by Gasteiger charge is -2.11. The Morgan fingerprint density at radius 3 is 2.36 bits per heavy atom. The first-order chi connectivity index (χ1) is 13.4. The molecule has 1 heterocycles. The lowest BCUT2D eigenvalue weighted by molar-refractivity contribution is -0.112. The summed E-state index contributed by atoms with van der Waals surface area (Å²) in [6.07, 6.45) is 3.02. The number of anilines is 1. The van der Waals surface area contributed by atoms with Crippen molar-refractivity contribution in [1.29, 1.82) is 0 Å². The maximum Gasteiger partial charge on any atom is 0.322 e. The molecule has 0 saturated carbocycles. The van der Waals surface area contributed by atoms with Crippen LogP contribution < -0.4 is 5.32 Å². The molecule has 144 valence electrons. The maximum atomic E-state index is 12.1. The molecule has 0 radical (unpaired) electrons. The molecule has 3 rings (SSSR count). The van der Waals surface area contributed by atoms with Crippen molar-refractivity contribution in [2.45, 2.75) is 4.90 Å². The molecule has 2 aromatic carbocycles. The van der Waals surface area contributed by atoms with E-state index < -0.39 is 15.9 Å². The molecular weight excluding hydrogens is 380 g/mol. The van der Waals surface area contributed by atoms with Gasteiger partial charge in [0.1, 0.15) is 0 Å². The highest BCUT2D eigenvalue weighted by atomic mass is 32.2.